The Morgan fingerprint density at radius 1 is 1.04 bits per heavy atom. The highest BCUT2D eigenvalue weighted by Gasteiger charge is 2.44. The average Bonchev–Trinajstić information content (AvgIpc) is 2.90. The average molecular weight is 338 g/mol. The van der Waals surface area contributed by atoms with E-state index in [1.54, 1.807) is 12.1 Å². The summed E-state index contributed by atoms with van der Waals surface area (Å²) in [5, 5.41) is 3.39. The van der Waals surface area contributed by atoms with Crippen molar-refractivity contribution in [3.63, 3.8) is 0 Å². The van der Waals surface area contributed by atoms with Crippen molar-refractivity contribution in [2.24, 2.45) is 5.92 Å². The number of hydrogen-bond acceptors (Lipinski definition) is 4. The number of hydrogen-bond donors (Lipinski definition) is 1. The van der Waals surface area contributed by atoms with Crippen LogP contribution in [0.4, 0.5) is 8.78 Å². The van der Waals surface area contributed by atoms with E-state index in [1.807, 2.05) is 6.07 Å². The predicted octanol–water partition coefficient (Wildman–Crippen LogP) is 3.53. The number of piperazine rings is 1. The van der Waals surface area contributed by atoms with E-state index < -0.39 is 6.29 Å². The minimum absolute atomic E-state index is 0.131. The number of rotatable bonds is 3. The van der Waals surface area contributed by atoms with Crippen molar-refractivity contribution in [2.45, 2.75) is 44.4 Å². The lowest BCUT2D eigenvalue weighted by Crippen LogP contribution is -2.47. The Labute approximate surface area is 141 Å². The Morgan fingerprint density at radius 3 is 2.50 bits per heavy atom. The molecule has 2 heterocycles. The summed E-state index contributed by atoms with van der Waals surface area (Å²) in [6.07, 6.45) is 2.69. The van der Waals surface area contributed by atoms with Crippen molar-refractivity contribution in [1.82, 2.24) is 10.2 Å². The summed E-state index contributed by atoms with van der Waals surface area (Å²) in [6.45, 7) is 3.94. The zero-order chi connectivity index (χ0) is 16.6. The normalized spacial score (nSPS) is 25.6. The van der Waals surface area contributed by atoms with Crippen LogP contribution in [-0.2, 0) is 0 Å². The van der Waals surface area contributed by atoms with Gasteiger partial charge in [-0.2, -0.15) is 0 Å². The van der Waals surface area contributed by atoms with Crippen LogP contribution in [0.1, 0.15) is 43.7 Å². The number of fused-ring (bicyclic) bond motifs is 1. The third-order valence-corrected chi connectivity index (χ3v) is 5.41. The summed E-state index contributed by atoms with van der Waals surface area (Å²) in [7, 11) is 0. The summed E-state index contributed by atoms with van der Waals surface area (Å²) >= 11 is 0. The second-order valence-corrected chi connectivity index (χ2v) is 7.00. The molecule has 0 bridgehead atoms. The van der Waals surface area contributed by atoms with Crippen LogP contribution in [0, 0.1) is 5.92 Å². The third kappa shape index (κ3) is 3.22. The lowest BCUT2D eigenvalue weighted by molar-refractivity contribution is -0.286. The van der Waals surface area contributed by atoms with Crippen LogP contribution >= 0.6 is 0 Å². The molecule has 3 aliphatic rings. The SMILES string of the molecule is FC1(F)Oc2ccc([C@@H](C3CCCCC3)N3CCNCC3)cc2O1. The van der Waals surface area contributed by atoms with Crippen LogP contribution in [0.5, 0.6) is 11.5 Å². The molecule has 6 heteroatoms. The standard InChI is InChI=1S/C18H24F2N2O2/c19-18(20)23-15-7-6-14(12-16(15)24-18)17(13-4-2-1-3-5-13)22-10-8-21-9-11-22/h6-7,12-13,17,21H,1-5,8-11H2/t17-/m1/s1. The number of benzene rings is 1. The van der Waals surface area contributed by atoms with Crippen molar-refractivity contribution >= 4 is 0 Å². The molecule has 2 fully saturated rings. The monoisotopic (exact) mass is 338 g/mol. The first-order valence-corrected chi connectivity index (χ1v) is 8.97. The van der Waals surface area contributed by atoms with Crippen molar-refractivity contribution < 1.29 is 18.3 Å². The molecule has 2 aliphatic heterocycles. The van der Waals surface area contributed by atoms with Gasteiger partial charge in [0.1, 0.15) is 0 Å². The highest BCUT2D eigenvalue weighted by Crippen LogP contribution is 2.45. The molecule has 4 rings (SSSR count). The van der Waals surface area contributed by atoms with Crippen LogP contribution in [0.15, 0.2) is 18.2 Å². The molecule has 0 aromatic heterocycles. The number of ether oxygens (including phenoxy) is 2. The van der Waals surface area contributed by atoms with Crippen LogP contribution in [0.25, 0.3) is 0 Å². The maximum Gasteiger partial charge on any atom is 0.586 e. The molecular formula is C18H24F2N2O2. The minimum atomic E-state index is -3.55. The Morgan fingerprint density at radius 2 is 1.75 bits per heavy atom. The maximum atomic E-state index is 13.3. The number of halogens is 2. The molecule has 1 aromatic rings. The van der Waals surface area contributed by atoms with Crippen molar-refractivity contribution in [3.8, 4) is 11.5 Å². The summed E-state index contributed by atoms with van der Waals surface area (Å²) < 4.78 is 35.8. The third-order valence-electron chi connectivity index (χ3n) is 5.41. The molecule has 0 radical (unpaired) electrons. The molecule has 132 valence electrons. The first kappa shape index (κ1) is 16.1. The predicted molar refractivity (Wildman–Crippen MR) is 86.4 cm³/mol. The first-order chi connectivity index (χ1) is 11.6. The van der Waals surface area contributed by atoms with Gasteiger partial charge in [0, 0.05) is 32.2 Å². The summed E-state index contributed by atoms with van der Waals surface area (Å²) in [5.41, 5.74) is 1.07. The molecule has 1 saturated carbocycles. The number of nitrogens with zero attached hydrogens (tertiary/aromatic N) is 1. The molecule has 1 saturated heterocycles. The molecule has 0 amide bonds. The molecule has 1 aromatic carbocycles. The minimum Gasteiger partial charge on any atom is -0.395 e. The van der Waals surface area contributed by atoms with Crippen molar-refractivity contribution in [1.29, 1.82) is 0 Å². The topological polar surface area (TPSA) is 33.7 Å². The highest BCUT2D eigenvalue weighted by atomic mass is 19.3. The van der Waals surface area contributed by atoms with Gasteiger partial charge in [-0.1, -0.05) is 25.3 Å². The van der Waals surface area contributed by atoms with Gasteiger partial charge in [-0.05, 0) is 36.5 Å². The van der Waals surface area contributed by atoms with Gasteiger partial charge < -0.3 is 14.8 Å². The van der Waals surface area contributed by atoms with Crippen LogP contribution < -0.4 is 14.8 Å². The quantitative estimate of drug-likeness (QED) is 0.914. The molecule has 4 nitrogen and oxygen atoms in total. The summed E-state index contributed by atoms with van der Waals surface area (Å²) in [5.74, 6) is 0.873. The highest BCUT2D eigenvalue weighted by molar-refractivity contribution is 5.46. The smallest absolute Gasteiger partial charge is 0.395 e. The Kier molecular flexibility index (Phi) is 4.35. The Bertz CT molecular complexity index is 566. The fraction of sp³-hybridized carbons (Fsp3) is 0.667. The van der Waals surface area contributed by atoms with E-state index in [0.29, 0.717) is 5.92 Å². The van der Waals surface area contributed by atoms with E-state index in [2.05, 4.69) is 19.7 Å². The summed E-state index contributed by atoms with van der Waals surface area (Å²) in [4.78, 5) is 2.50. The molecule has 0 spiro atoms. The Hall–Kier alpha value is -1.40. The molecule has 1 N–H and O–H groups in total. The van der Waals surface area contributed by atoms with Gasteiger partial charge in [0.05, 0.1) is 0 Å². The van der Waals surface area contributed by atoms with Gasteiger partial charge in [-0.15, -0.1) is 8.78 Å². The van der Waals surface area contributed by atoms with Gasteiger partial charge in [0.2, 0.25) is 0 Å². The fourth-order valence-corrected chi connectivity index (χ4v) is 4.34. The second-order valence-electron chi connectivity index (χ2n) is 7.00. The van der Waals surface area contributed by atoms with Crippen molar-refractivity contribution in [3.05, 3.63) is 23.8 Å². The van der Waals surface area contributed by atoms with E-state index in [1.165, 1.54) is 32.1 Å². The molecule has 1 atom stereocenters. The first-order valence-electron chi connectivity index (χ1n) is 8.97. The molecule has 1 aliphatic carbocycles. The Balaban J connectivity index is 1.63. The van der Waals surface area contributed by atoms with Crippen LogP contribution in [0.3, 0.4) is 0 Å². The summed E-state index contributed by atoms with van der Waals surface area (Å²) in [6, 6.07) is 5.60. The molecule has 24 heavy (non-hydrogen) atoms. The van der Waals surface area contributed by atoms with E-state index in [-0.39, 0.29) is 17.5 Å². The second kappa shape index (κ2) is 6.48. The number of nitrogens with one attached hydrogen (secondary N) is 1. The van der Waals surface area contributed by atoms with Crippen molar-refractivity contribution in [2.75, 3.05) is 26.2 Å². The van der Waals surface area contributed by atoms with Gasteiger partial charge >= 0.3 is 6.29 Å². The van der Waals surface area contributed by atoms with Gasteiger partial charge in [-0.3, -0.25) is 4.90 Å². The van der Waals surface area contributed by atoms with E-state index in [9.17, 15) is 8.78 Å². The fourth-order valence-electron chi connectivity index (χ4n) is 4.34. The van der Waals surface area contributed by atoms with Gasteiger partial charge in [0.15, 0.2) is 11.5 Å². The zero-order valence-electron chi connectivity index (χ0n) is 13.8. The van der Waals surface area contributed by atoms with Gasteiger partial charge in [0.25, 0.3) is 0 Å². The van der Waals surface area contributed by atoms with Crippen LogP contribution in [-0.4, -0.2) is 37.4 Å². The number of alkyl halides is 2. The lowest BCUT2D eigenvalue weighted by Gasteiger charge is -2.41. The van der Waals surface area contributed by atoms with Gasteiger partial charge in [-0.25, -0.2) is 0 Å². The van der Waals surface area contributed by atoms with E-state index in [0.717, 1.165) is 31.7 Å². The zero-order valence-corrected chi connectivity index (χ0v) is 13.8. The lowest BCUT2D eigenvalue weighted by atomic mass is 9.80. The van der Waals surface area contributed by atoms with E-state index in [4.69, 9.17) is 0 Å². The van der Waals surface area contributed by atoms with Crippen LogP contribution in [0.2, 0.25) is 0 Å². The largest absolute Gasteiger partial charge is 0.586 e. The molecule has 0 unspecified atom stereocenters. The maximum absolute atomic E-state index is 13.3. The van der Waals surface area contributed by atoms with E-state index >= 15 is 0 Å². The molecular weight excluding hydrogens is 314 g/mol.